The van der Waals surface area contributed by atoms with Crippen molar-refractivity contribution >= 4 is 11.9 Å². The van der Waals surface area contributed by atoms with Gasteiger partial charge in [0.2, 0.25) is 11.9 Å². The molecule has 134 valence electrons. The highest BCUT2D eigenvalue weighted by atomic mass is 16.5. The SMILES string of the molecule is CCc1ccc([C@@H]2C[C@H](c3ccc(OC)cc3)n3nc(N)nc3N2)cc1. The van der Waals surface area contributed by atoms with E-state index in [1.165, 1.54) is 11.1 Å². The number of nitrogen functional groups attached to an aromatic ring is 1. The van der Waals surface area contributed by atoms with Gasteiger partial charge < -0.3 is 15.8 Å². The van der Waals surface area contributed by atoms with Gasteiger partial charge in [-0.05, 0) is 41.7 Å². The zero-order chi connectivity index (χ0) is 18.1. The molecule has 3 aromatic rings. The van der Waals surface area contributed by atoms with Gasteiger partial charge in [-0.2, -0.15) is 4.98 Å². The summed E-state index contributed by atoms with van der Waals surface area (Å²) in [7, 11) is 1.67. The number of nitrogens with one attached hydrogen (secondary N) is 1. The van der Waals surface area contributed by atoms with Crippen molar-refractivity contribution < 1.29 is 4.74 Å². The molecule has 0 bridgehead atoms. The summed E-state index contributed by atoms with van der Waals surface area (Å²) in [4.78, 5) is 4.36. The fourth-order valence-electron chi connectivity index (χ4n) is 3.50. The molecule has 0 saturated heterocycles. The Labute approximate surface area is 153 Å². The minimum atomic E-state index is 0.0674. The number of benzene rings is 2. The van der Waals surface area contributed by atoms with Crippen molar-refractivity contribution in [1.82, 2.24) is 14.8 Å². The molecule has 1 aliphatic rings. The summed E-state index contributed by atoms with van der Waals surface area (Å²) in [6.45, 7) is 2.17. The molecule has 6 heteroatoms. The summed E-state index contributed by atoms with van der Waals surface area (Å²) < 4.78 is 7.16. The van der Waals surface area contributed by atoms with E-state index in [1.54, 1.807) is 7.11 Å². The fraction of sp³-hybridized carbons (Fsp3) is 0.300. The maximum Gasteiger partial charge on any atom is 0.241 e. The van der Waals surface area contributed by atoms with Crippen molar-refractivity contribution in [2.75, 3.05) is 18.2 Å². The van der Waals surface area contributed by atoms with Crippen LogP contribution in [0.4, 0.5) is 11.9 Å². The van der Waals surface area contributed by atoms with Crippen LogP contribution >= 0.6 is 0 Å². The van der Waals surface area contributed by atoms with E-state index >= 15 is 0 Å². The first-order valence-corrected chi connectivity index (χ1v) is 8.89. The van der Waals surface area contributed by atoms with Gasteiger partial charge in [0, 0.05) is 0 Å². The van der Waals surface area contributed by atoms with E-state index in [0.717, 1.165) is 24.2 Å². The van der Waals surface area contributed by atoms with Gasteiger partial charge in [-0.1, -0.05) is 43.3 Å². The number of nitrogens with zero attached hydrogens (tertiary/aromatic N) is 3. The van der Waals surface area contributed by atoms with Crippen LogP contribution in [0.15, 0.2) is 48.5 Å². The van der Waals surface area contributed by atoms with Crippen LogP contribution in [0, 0.1) is 0 Å². The first kappa shape index (κ1) is 16.4. The number of aromatic nitrogens is 3. The smallest absolute Gasteiger partial charge is 0.241 e. The molecule has 4 rings (SSSR count). The highest BCUT2D eigenvalue weighted by Gasteiger charge is 2.30. The Hall–Kier alpha value is -3.02. The minimum absolute atomic E-state index is 0.0674. The van der Waals surface area contributed by atoms with Crippen molar-refractivity contribution in [3.8, 4) is 5.75 Å². The number of anilines is 2. The summed E-state index contributed by atoms with van der Waals surface area (Å²) in [5.41, 5.74) is 9.60. The lowest BCUT2D eigenvalue weighted by molar-refractivity contribution is 0.411. The second-order valence-corrected chi connectivity index (χ2v) is 6.55. The minimum Gasteiger partial charge on any atom is -0.497 e. The van der Waals surface area contributed by atoms with Crippen LogP contribution in [-0.4, -0.2) is 21.9 Å². The molecule has 6 nitrogen and oxygen atoms in total. The van der Waals surface area contributed by atoms with Gasteiger partial charge in [-0.3, -0.25) is 0 Å². The van der Waals surface area contributed by atoms with Gasteiger partial charge in [-0.15, -0.1) is 5.10 Å². The number of hydrogen-bond donors (Lipinski definition) is 2. The number of aryl methyl sites for hydroxylation is 1. The normalized spacial score (nSPS) is 18.8. The second-order valence-electron chi connectivity index (χ2n) is 6.55. The van der Waals surface area contributed by atoms with Crippen molar-refractivity contribution in [3.63, 3.8) is 0 Å². The summed E-state index contributed by atoms with van der Waals surface area (Å²) in [6.07, 6.45) is 1.91. The third-order valence-electron chi connectivity index (χ3n) is 5.00. The van der Waals surface area contributed by atoms with E-state index in [1.807, 2.05) is 16.8 Å². The molecule has 0 aliphatic carbocycles. The molecule has 1 aliphatic heterocycles. The summed E-state index contributed by atoms with van der Waals surface area (Å²) in [6, 6.07) is 17.1. The van der Waals surface area contributed by atoms with Gasteiger partial charge in [0.15, 0.2) is 0 Å². The topological polar surface area (TPSA) is 78.0 Å². The molecule has 2 aromatic carbocycles. The van der Waals surface area contributed by atoms with Gasteiger partial charge >= 0.3 is 0 Å². The van der Waals surface area contributed by atoms with Gasteiger partial charge in [0.1, 0.15) is 5.75 Å². The first-order chi connectivity index (χ1) is 12.7. The number of rotatable bonds is 4. The maximum atomic E-state index is 5.86. The average Bonchev–Trinajstić information content (AvgIpc) is 3.07. The Kier molecular flexibility index (Phi) is 4.24. The van der Waals surface area contributed by atoms with Crippen molar-refractivity contribution in [2.24, 2.45) is 0 Å². The number of nitrogens with two attached hydrogens (primary N) is 1. The zero-order valence-corrected chi connectivity index (χ0v) is 15.0. The first-order valence-electron chi connectivity index (χ1n) is 8.89. The molecule has 0 fully saturated rings. The third kappa shape index (κ3) is 2.98. The van der Waals surface area contributed by atoms with Crippen LogP contribution < -0.4 is 15.8 Å². The molecule has 0 unspecified atom stereocenters. The van der Waals surface area contributed by atoms with Crippen molar-refractivity contribution in [2.45, 2.75) is 31.8 Å². The van der Waals surface area contributed by atoms with Crippen LogP contribution in [0.5, 0.6) is 5.75 Å². The van der Waals surface area contributed by atoms with E-state index in [4.69, 9.17) is 10.5 Å². The molecule has 0 radical (unpaired) electrons. The number of hydrogen-bond acceptors (Lipinski definition) is 5. The maximum absolute atomic E-state index is 5.86. The predicted octanol–water partition coefficient (Wildman–Crippen LogP) is 3.58. The molecule has 0 saturated carbocycles. The molecular weight excluding hydrogens is 326 g/mol. The second kappa shape index (κ2) is 6.71. The Bertz CT molecular complexity index is 886. The largest absolute Gasteiger partial charge is 0.497 e. The quantitative estimate of drug-likeness (QED) is 0.753. The Morgan fingerprint density at radius 1 is 1.12 bits per heavy atom. The summed E-state index contributed by atoms with van der Waals surface area (Å²) in [5, 5.41) is 7.88. The predicted molar refractivity (Wildman–Crippen MR) is 102 cm³/mol. The number of methoxy groups -OCH3 is 1. The Balaban J connectivity index is 1.69. The molecule has 26 heavy (non-hydrogen) atoms. The van der Waals surface area contributed by atoms with Crippen LogP contribution in [0.2, 0.25) is 0 Å². The van der Waals surface area contributed by atoms with Crippen LogP contribution in [0.25, 0.3) is 0 Å². The molecule has 1 aromatic heterocycles. The van der Waals surface area contributed by atoms with Gasteiger partial charge in [0.25, 0.3) is 0 Å². The van der Waals surface area contributed by atoms with Gasteiger partial charge in [-0.25, -0.2) is 4.68 Å². The zero-order valence-electron chi connectivity index (χ0n) is 15.0. The number of fused-ring (bicyclic) bond motifs is 1. The Morgan fingerprint density at radius 3 is 2.46 bits per heavy atom. The lowest BCUT2D eigenvalue weighted by Crippen LogP contribution is -2.28. The lowest BCUT2D eigenvalue weighted by atomic mass is 9.93. The van der Waals surface area contributed by atoms with Gasteiger partial charge in [0.05, 0.1) is 19.2 Å². The van der Waals surface area contributed by atoms with E-state index in [2.05, 4.69) is 58.7 Å². The summed E-state index contributed by atoms with van der Waals surface area (Å²) in [5.74, 6) is 1.83. The fourth-order valence-corrected chi connectivity index (χ4v) is 3.50. The molecular formula is C20H23N5O. The lowest BCUT2D eigenvalue weighted by Gasteiger charge is -2.31. The van der Waals surface area contributed by atoms with Crippen LogP contribution in [0.3, 0.4) is 0 Å². The van der Waals surface area contributed by atoms with E-state index < -0.39 is 0 Å². The number of ether oxygens (including phenoxy) is 1. The van der Waals surface area contributed by atoms with E-state index in [-0.39, 0.29) is 18.0 Å². The van der Waals surface area contributed by atoms with Crippen molar-refractivity contribution in [1.29, 1.82) is 0 Å². The van der Waals surface area contributed by atoms with Crippen molar-refractivity contribution in [3.05, 3.63) is 65.2 Å². The summed E-state index contributed by atoms with van der Waals surface area (Å²) >= 11 is 0. The molecule has 3 N–H and O–H groups in total. The highest BCUT2D eigenvalue weighted by Crippen LogP contribution is 2.38. The molecule has 2 atom stereocenters. The third-order valence-corrected chi connectivity index (χ3v) is 5.00. The molecule has 2 heterocycles. The average molecular weight is 349 g/mol. The molecule has 0 spiro atoms. The highest BCUT2D eigenvalue weighted by molar-refractivity contribution is 5.42. The standard InChI is InChI=1S/C20H23N5O/c1-3-13-4-6-14(7-5-13)17-12-18(15-8-10-16(26-2)11-9-15)25-20(22-17)23-19(21)24-25/h4-11,17-18H,3,12H2,1-2H3,(H3,21,22,23,24)/t17-,18+/m0/s1. The van der Waals surface area contributed by atoms with Crippen LogP contribution in [0.1, 0.15) is 42.1 Å². The Morgan fingerprint density at radius 2 is 1.81 bits per heavy atom. The van der Waals surface area contributed by atoms with Crippen LogP contribution in [-0.2, 0) is 6.42 Å². The molecule has 0 amide bonds. The van der Waals surface area contributed by atoms with E-state index in [9.17, 15) is 0 Å². The van der Waals surface area contributed by atoms with E-state index in [0.29, 0.717) is 5.95 Å². The monoisotopic (exact) mass is 349 g/mol.